The number of para-hydroxylation sites is 2. The number of rotatable bonds is 4. The smallest absolute Gasteiger partial charge is 0.244 e. The molecule has 2 amide bonds. The molecule has 1 saturated heterocycles. The van der Waals surface area contributed by atoms with Crippen LogP contribution in [0.25, 0.3) is 0 Å². The van der Waals surface area contributed by atoms with Gasteiger partial charge < -0.3 is 19.9 Å². The summed E-state index contributed by atoms with van der Waals surface area (Å²) in [5.74, 6) is -0.306. The van der Waals surface area contributed by atoms with Crippen LogP contribution in [0.15, 0.2) is 24.3 Å². The highest BCUT2D eigenvalue weighted by molar-refractivity contribution is 5.97. The molecular weight excluding hydrogens is 306 g/mol. The van der Waals surface area contributed by atoms with Crippen molar-refractivity contribution in [1.82, 2.24) is 4.90 Å². The van der Waals surface area contributed by atoms with E-state index in [1.165, 1.54) is 6.92 Å². The van der Waals surface area contributed by atoms with Crippen LogP contribution in [0, 0.1) is 0 Å². The summed E-state index contributed by atoms with van der Waals surface area (Å²) in [5.41, 5.74) is 1.36. The number of carbonyl (C=O) groups excluding carboxylic acids is 2. The highest BCUT2D eigenvalue weighted by Gasteiger charge is 2.26. The Morgan fingerprint density at radius 3 is 2.42 bits per heavy atom. The Bertz CT molecular complexity index is 589. The molecule has 2 rings (SSSR count). The van der Waals surface area contributed by atoms with Crippen molar-refractivity contribution < 1.29 is 14.3 Å². The van der Waals surface area contributed by atoms with Gasteiger partial charge in [-0.3, -0.25) is 9.59 Å². The highest BCUT2D eigenvalue weighted by Crippen LogP contribution is 2.26. The van der Waals surface area contributed by atoms with Crippen molar-refractivity contribution in [3.63, 3.8) is 0 Å². The lowest BCUT2D eigenvalue weighted by Gasteiger charge is -2.34. The molecule has 24 heavy (non-hydrogen) atoms. The molecule has 0 atom stereocenters. The molecule has 0 radical (unpaired) electrons. The number of nitrogens with one attached hydrogen (secondary N) is 1. The first-order valence-electron chi connectivity index (χ1n) is 8.29. The maximum absolute atomic E-state index is 12.5. The molecule has 1 heterocycles. The number of morpholine rings is 1. The van der Waals surface area contributed by atoms with Crippen LogP contribution in [0.1, 0.15) is 27.7 Å². The largest absolute Gasteiger partial charge is 0.378 e. The van der Waals surface area contributed by atoms with Crippen molar-refractivity contribution in [3.05, 3.63) is 24.3 Å². The Morgan fingerprint density at radius 1 is 1.21 bits per heavy atom. The Labute approximate surface area is 143 Å². The summed E-state index contributed by atoms with van der Waals surface area (Å²) in [4.78, 5) is 28.0. The van der Waals surface area contributed by atoms with Crippen LogP contribution in [-0.4, -0.2) is 55.1 Å². The fourth-order valence-corrected chi connectivity index (χ4v) is 2.81. The summed E-state index contributed by atoms with van der Waals surface area (Å²) in [7, 11) is 0. The molecule has 1 aliphatic heterocycles. The monoisotopic (exact) mass is 333 g/mol. The number of carbonyl (C=O) groups is 2. The second-order valence-corrected chi connectivity index (χ2v) is 6.94. The van der Waals surface area contributed by atoms with E-state index in [4.69, 9.17) is 4.74 Å². The first-order chi connectivity index (χ1) is 11.3. The fraction of sp³-hybridized carbons (Fsp3) is 0.556. The maximum atomic E-state index is 12.5. The van der Waals surface area contributed by atoms with Gasteiger partial charge in [-0.25, -0.2) is 0 Å². The molecule has 1 aromatic carbocycles. The van der Waals surface area contributed by atoms with Crippen molar-refractivity contribution in [3.8, 4) is 0 Å². The number of nitrogens with zero attached hydrogens (tertiary/aromatic N) is 2. The van der Waals surface area contributed by atoms with Crippen molar-refractivity contribution in [1.29, 1.82) is 0 Å². The fourth-order valence-electron chi connectivity index (χ4n) is 2.81. The van der Waals surface area contributed by atoms with Gasteiger partial charge in [0.2, 0.25) is 11.8 Å². The van der Waals surface area contributed by atoms with E-state index < -0.39 is 5.54 Å². The lowest BCUT2D eigenvalue weighted by atomic mass is 10.1. The van der Waals surface area contributed by atoms with E-state index in [-0.39, 0.29) is 18.4 Å². The van der Waals surface area contributed by atoms with Crippen LogP contribution in [0.4, 0.5) is 11.4 Å². The van der Waals surface area contributed by atoms with Crippen LogP contribution >= 0.6 is 0 Å². The number of amides is 2. The van der Waals surface area contributed by atoms with E-state index in [9.17, 15) is 9.59 Å². The minimum absolute atomic E-state index is 0.0380. The van der Waals surface area contributed by atoms with E-state index in [0.29, 0.717) is 13.2 Å². The molecule has 0 saturated carbocycles. The third-order valence-corrected chi connectivity index (χ3v) is 4.02. The predicted molar refractivity (Wildman–Crippen MR) is 95.2 cm³/mol. The van der Waals surface area contributed by atoms with Crippen molar-refractivity contribution in [2.24, 2.45) is 0 Å². The molecule has 0 unspecified atom stereocenters. The Hall–Kier alpha value is -2.08. The van der Waals surface area contributed by atoms with Gasteiger partial charge in [-0.2, -0.15) is 0 Å². The lowest BCUT2D eigenvalue weighted by Crippen LogP contribution is -2.48. The van der Waals surface area contributed by atoms with Gasteiger partial charge in [0.25, 0.3) is 0 Å². The molecule has 1 aromatic rings. The van der Waals surface area contributed by atoms with Crippen LogP contribution in [0.3, 0.4) is 0 Å². The zero-order valence-electron chi connectivity index (χ0n) is 15.0. The van der Waals surface area contributed by atoms with Gasteiger partial charge in [0.15, 0.2) is 0 Å². The average molecular weight is 333 g/mol. The van der Waals surface area contributed by atoms with Gasteiger partial charge in [0.1, 0.15) is 6.54 Å². The summed E-state index contributed by atoms with van der Waals surface area (Å²) in [6.45, 7) is 10.3. The standard InChI is InChI=1S/C18H27N3O3/c1-14(22)21(18(2,3)4)13-17(23)19-15-7-5-6-8-16(15)20-9-11-24-12-10-20/h5-8H,9-13H2,1-4H3,(H,19,23). The summed E-state index contributed by atoms with van der Waals surface area (Å²) in [5, 5.41) is 2.95. The first-order valence-corrected chi connectivity index (χ1v) is 8.29. The van der Waals surface area contributed by atoms with Crippen molar-refractivity contribution >= 4 is 23.2 Å². The quantitative estimate of drug-likeness (QED) is 0.917. The minimum atomic E-state index is -0.396. The molecule has 0 aromatic heterocycles. The van der Waals surface area contributed by atoms with Gasteiger partial charge in [-0.1, -0.05) is 12.1 Å². The van der Waals surface area contributed by atoms with Gasteiger partial charge in [-0.15, -0.1) is 0 Å². The third kappa shape index (κ3) is 4.71. The molecule has 0 spiro atoms. The van der Waals surface area contributed by atoms with Crippen molar-refractivity contribution in [2.45, 2.75) is 33.2 Å². The summed E-state index contributed by atoms with van der Waals surface area (Å²) < 4.78 is 5.39. The molecule has 0 aliphatic carbocycles. The summed E-state index contributed by atoms with van der Waals surface area (Å²) >= 11 is 0. The normalized spacial score (nSPS) is 15.1. The molecular formula is C18H27N3O3. The second kappa shape index (κ2) is 7.66. The van der Waals surface area contributed by atoms with Gasteiger partial charge in [0, 0.05) is 25.6 Å². The van der Waals surface area contributed by atoms with Crippen LogP contribution < -0.4 is 10.2 Å². The molecule has 1 N–H and O–H groups in total. The van der Waals surface area contributed by atoms with E-state index in [1.807, 2.05) is 45.0 Å². The maximum Gasteiger partial charge on any atom is 0.244 e. The molecule has 0 bridgehead atoms. The van der Waals surface area contributed by atoms with E-state index in [1.54, 1.807) is 4.90 Å². The van der Waals surface area contributed by atoms with Crippen LogP contribution in [-0.2, 0) is 14.3 Å². The number of hydrogen-bond acceptors (Lipinski definition) is 4. The zero-order chi connectivity index (χ0) is 17.7. The number of benzene rings is 1. The second-order valence-electron chi connectivity index (χ2n) is 6.94. The van der Waals surface area contributed by atoms with Crippen LogP contribution in [0.5, 0.6) is 0 Å². The van der Waals surface area contributed by atoms with E-state index in [0.717, 1.165) is 24.5 Å². The third-order valence-electron chi connectivity index (χ3n) is 4.02. The SMILES string of the molecule is CC(=O)N(CC(=O)Nc1ccccc1N1CCOCC1)C(C)(C)C. The molecule has 6 heteroatoms. The lowest BCUT2D eigenvalue weighted by molar-refractivity contribution is -0.137. The van der Waals surface area contributed by atoms with Gasteiger partial charge in [0.05, 0.1) is 24.6 Å². The Balaban J connectivity index is 2.10. The predicted octanol–water partition coefficient (Wildman–Crippen LogP) is 2.11. The molecule has 6 nitrogen and oxygen atoms in total. The zero-order valence-corrected chi connectivity index (χ0v) is 15.0. The van der Waals surface area contributed by atoms with E-state index >= 15 is 0 Å². The number of hydrogen-bond donors (Lipinski definition) is 1. The van der Waals surface area contributed by atoms with Crippen molar-refractivity contribution in [2.75, 3.05) is 43.1 Å². The number of anilines is 2. The number of ether oxygens (including phenoxy) is 1. The molecule has 1 fully saturated rings. The van der Waals surface area contributed by atoms with Crippen LogP contribution in [0.2, 0.25) is 0 Å². The topological polar surface area (TPSA) is 61.9 Å². The highest BCUT2D eigenvalue weighted by atomic mass is 16.5. The Morgan fingerprint density at radius 2 is 1.83 bits per heavy atom. The van der Waals surface area contributed by atoms with E-state index in [2.05, 4.69) is 10.2 Å². The molecule has 1 aliphatic rings. The summed E-state index contributed by atoms with van der Waals surface area (Å²) in [6, 6.07) is 7.73. The van der Waals surface area contributed by atoms with Gasteiger partial charge >= 0.3 is 0 Å². The average Bonchev–Trinajstić information content (AvgIpc) is 2.52. The first kappa shape index (κ1) is 18.3. The minimum Gasteiger partial charge on any atom is -0.378 e. The van der Waals surface area contributed by atoms with Gasteiger partial charge in [-0.05, 0) is 32.9 Å². The summed E-state index contributed by atoms with van der Waals surface area (Å²) in [6.07, 6.45) is 0. The molecule has 132 valence electrons. The Kier molecular flexibility index (Phi) is 5.83.